The molecular weight excluding hydrogens is 437 g/mol. The summed E-state index contributed by atoms with van der Waals surface area (Å²) in [6.07, 6.45) is 0. The van der Waals surface area contributed by atoms with E-state index in [2.05, 4.69) is 15.9 Å². The number of nitrogens with zero attached hydrogens (tertiary/aromatic N) is 3. The number of benzene rings is 2. The molecule has 0 radical (unpaired) electrons. The van der Waals surface area contributed by atoms with Crippen LogP contribution in [0.5, 0.6) is 0 Å². The summed E-state index contributed by atoms with van der Waals surface area (Å²) < 4.78 is 17.2. The highest BCUT2D eigenvalue weighted by atomic mass is 79.9. The molecule has 1 amide bonds. The second kappa shape index (κ2) is 7.63. The standard InChI is InChI=1S/C22H21BrFN3O2/c1-14(28)15-7-8-19(17(24)13-15)26-9-11-27(12-10-26)22(29)21-20(23)16-5-3-4-6-18(16)25(21)2/h3-8,13H,9-12H2,1-2H3. The van der Waals surface area contributed by atoms with Gasteiger partial charge in [-0.25, -0.2) is 4.39 Å². The van der Waals surface area contributed by atoms with Crippen LogP contribution in [-0.2, 0) is 7.05 Å². The molecule has 2 aromatic carbocycles. The first-order valence-corrected chi connectivity index (χ1v) is 10.3. The van der Waals surface area contributed by atoms with Crippen LogP contribution in [0.15, 0.2) is 46.9 Å². The van der Waals surface area contributed by atoms with Gasteiger partial charge in [0, 0.05) is 49.7 Å². The van der Waals surface area contributed by atoms with Crippen molar-refractivity contribution >= 4 is 44.2 Å². The van der Waals surface area contributed by atoms with Crippen molar-refractivity contribution in [3.63, 3.8) is 0 Å². The summed E-state index contributed by atoms with van der Waals surface area (Å²) in [6.45, 7) is 3.48. The summed E-state index contributed by atoms with van der Waals surface area (Å²) in [4.78, 5) is 28.3. The number of aromatic nitrogens is 1. The second-order valence-corrected chi connectivity index (χ2v) is 8.03. The molecule has 5 nitrogen and oxygen atoms in total. The first kappa shape index (κ1) is 19.6. The summed E-state index contributed by atoms with van der Waals surface area (Å²) in [5.74, 6) is -0.608. The maximum absolute atomic E-state index is 14.5. The number of anilines is 1. The van der Waals surface area contributed by atoms with E-state index < -0.39 is 5.82 Å². The molecule has 4 rings (SSSR count). The largest absolute Gasteiger partial charge is 0.366 e. The molecule has 150 valence electrons. The molecule has 3 aromatic rings. The van der Waals surface area contributed by atoms with Crippen molar-refractivity contribution in [3.05, 3.63) is 64.0 Å². The smallest absolute Gasteiger partial charge is 0.271 e. The van der Waals surface area contributed by atoms with Crippen molar-refractivity contribution in [2.45, 2.75) is 6.92 Å². The number of amides is 1. The van der Waals surface area contributed by atoms with Crippen molar-refractivity contribution in [2.75, 3.05) is 31.1 Å². The Morgan fingerprint density at radius 3 is 2.34 bits per heavy atom. The number of carbonyl (C=O) groups excluding carboxylic acids is 2. The number of hydrogen-bond donors (Lipinski definition) is 0. The Bertz CT molecular complexity index is 1080. The van der Waals surface area contributed by atoms with Gasteiger partial charge in [-0.3, -0.25) is 9.59 Å². The predicted octanol–water partition coefficient (Wildman–Crippen LogP) is 4.24. The van der Waals surface area contributed by atoms with Gasteiger partial charge in [0.25, 0.3) is 5.91 Å². The van der Waals surface area contributed by atoms with Gasteiger partial charge in [0.05, 0.1) is 10.2 Å². The molecular formula is C22H21BrFN3O2. The monoisotopic (exact) mass is 457 g/mol. The normalized spacial score (nSPS) is 14.5. The molecule has 0 N–H and O–H groups in total. The van der Waals surface area contributed by atoms with E-state index >= 15 is 0 Å². The average molecular weight is 458 g/mol. The molecule has 1 aliphatic heterocycles. The van der Waals surface area contributed by atoms with Gasteiger partial charge in [-0.15, -0.1) is 0 Å². The minimum Gasteiger partial charge on any atom is -0.366 e. The van der Waals surface area contributed by atoms with Crippen LogP contribution in [0.4, 0.5) is 10.1 Å². The SMILES string of the molecule is CC(=O)c1ccc(N2CCN(C(=O)c3c(Br)c4ccccc4n3C)CC2)c(F)c1. The van der Waals surface area contributed by atoms with Crippen LogP contribution in [0.3, 0.4) is 0 Å². The summed E-state index contributed by atoms with van der Waals surface area (Å²) in [6, 6.07) is 12.4. The summed E-state index contributed by atoms with van der Waals surface area (Å²) in [7, 11) is 1.89. The number of hydrogen-bond acceptors (Lipinski definition) is 3. The molecule has 0 bridgehead atoms. The van der Waals surface area contributed by atoms with Gasteiger partial charge in [-0.05, 0) is 47.1 Å². The Morgan fingerprint density at radius 1 is 1.03 bits per heavy atom. The van der Waals surface area contributed by atoms with E-state index in [1.54, 1.807) is 17.0 Å². The fraction of sp³-hybridized carbons (Fsp3) is 0.273. The number of Topliss-reactive ketones (excluding diaryl/α,β-unsaturated/α-hetero) is 1. The molecule has 1 saturated heterocycles. The van der Waals surface area contributed by atoms with Crippen molar-refractivity contribution < 1.29 is 14.0 Å². The zero-order valence-corrected chi connectivity index (χ0v) is 17.9. The zero-order chi connectivity index (χ0) is 20.7. The number of ketones is 1. The Balaban J connectivity index is 1.52. The highest BCUT2D eigenvalue weighted by molar-refractivity contribution is 9.10. The van der Waals surface area contributed by atoms with E-state index in [1.165, 1.54) is 13.0 Å². The van der Waals surface area contributed by atoms with E-state index in [0.29, 0.717) is 43.1 Å². The first-order valence-electron chi connectivity index (χ1n) is 9.46. The van der Waals surface area contributed by atoms with Crippen LogP contribution in [0, 0.1) is 5.82 Å². The van der Waals surface area contributed by atoms with Gasteiger partial charge in [-0.2, -0.15) is 0 Å². The third-order valence-electron chi connectivity index (χ3n) is 5.51. The topological polar surface area (TPSA) is 45.6 Å². The van der Waals surface area contributed by atoms with Crippen molar-refractivity contribution in [3.8, 4) is 0 Å². The summed E-state index contributed by atoms with van der Waals surface area (Å²) >= 11 is 3.59. The maximum Gasteiger partial charge on any atom is 0.271 e. The van der Waals surface area contributed by atoms with Crippen LogP contribution in [0.1, 0.15) is 27.8 Å². The van der Waals surface area contributed by atoms with Crippen LogP contribution in [0.25, 0.3) is 10.9 Å². The summed E-state index contributed by atoms with van der Waals surface area (Å²) in [5, 5.41) is 1.00. The Labute approximate surface area is 176 Å². The summed E-state index contributed by atoms with van der Waals surface area (Å²) in [5.41, 5.74) is 2.44. The molecule has 0 aliphatic carbocycles. The third kappa shape index (κ3) is 3.44. The number of aryl methyl sites for hydroxylation is 1. The van der Waals surface area contributed by atoms with Gasteiger partial charge < -0.3 is 14.4 Å². The van der Waals surface area contributed by atoms with E-state index in [1.807, 2.05) is 40.8 Å². The highest BCUT2D eigenvalue weighted by Gasteiger charge is 2.28. The number of rotatable bonds is 3. The Hall–Kier alpha value is -2.67. The van der Waals surface area contributed by atoms with Crippen molar-refractivity contribution in [1.29, 1.82) is 0 Å². The van der Waals surface area contributed by atoms with Crippen molar-refractivity contribution in [1.82, 2.24) is 9.47 Å². The molecule has 29 heavy (non-hydrogen) atoms. The Kier molecular flexibility index (Phi) is 5.17. The highest BCUT2D eigenvalue weighted by Crippen LogP contribution is 2.31. The van der Waals surface area contributed by atoms with E-state index in [0.717, 1.165) is 15.4 Å². The number of para-hydroxylation sites is 1. The van der Waals surface area contributed by atoms with Gasteiger partial charge in [0.2, 0.25) is 0 Å². The van der Waals surface area contributed by atoms with E-state index in [-0.39, 0.29) is 11.7 Å². The second-order valence-electron chi connectivity index (χ2n) is 7.24. The first-order chi connectivity index (χ1) is 13.9. The lowest BCUT2D eigenvalue weighted by Crippen LogP contribution is -2.49. The number of fused-ring (bicyclic) bond motifs is 1. The third-order valence-corrected chi connectivity index (χ3v) is 6.31. The molecule has 2 heterocycles. The quantitative estimate of drug-likeness (QED) is 0.552. The van der Waals surface area contributed by atoms with Gasteiger partial charge in [-0.1, -0.05) is 18.2 Å². The maximum atomic E-state index is 14.5. The van der Waals surface area contributed by atoms with Gasteiger partial charge >= 0.3 is 0 Å². The van der Waals surface area contributed by atoms with Crippen LogP contribution in [0.2, 0.25) is 0 Å². The lowest BCUT2D eigenvalue weighted by atomic mass is 10.1. The molecule has 1 aromatic heterocycles. The van der Waals surface area contributed by atoms with Crippen LogP contribution in [-0.4, -0.2) is 47.3 Å². The van der Waals surface area contributed by atoms with E-state index in [9.17, 15) is 14.0 Å². The van der Waals surface area contributed by atoms with Crippen LogP contribution < -0.4 is 4.90 Å². The van der Waals surface area contributed by atoms with Gasteiger partial charge in [0.1, 0.15) is 11.5 Å². The van der Waals surface area contributed by atoms with E-state index in [4.69, 9.17) is 0 Å². The molecule has 1 fully saturated rings. The molecule has 1 aliphatic rings. The number of carbonyl (C=O) groups is 2. The molecule has 0 saturated carbocycles. The fourth-order valence-electron chi connectivity index (χ4n) is 3.87. The molecule has 0 unspecified atom stereocenters. The molecule has 0 atom stereocenters. The zero-order valence-electron chi connectivity index (χ0n) is 16.3. The lowest BCUT2D eigenvalue weighted by Gasteiger charge is -2.36. The lowest BCUT2D eigenvalue weighted by molar-refractivity contribution is 0.0736. The predicted molar refractivity (Wildman–Crippen MR) is 115 cm³/mol. The minimum atomic E-state index is -0.408. The fourth-order valence-corrected chi connectivity index (χ4v) is 4.64. The van der Waals surface area contributed by atoms with Gasteiger partial charge in [0.15, 0.2) is 5.78 Å². The number of halogens is 2. The molecule has 0 spiro atoms. The number of piperazine rings is 1. The Morgan fingerprint density at radius 2 is 1.72 bits per heavy atom. The van der Waals surface area contributed by atoms with Crippen LogP contribution >= 0.6 is 15.9 Å². The van der Waals surface area contributed by atoms with Crippen molar-refractivity contribution in [2.24, 2.45) is 7.05 Å². The minimum absolute atomic E-state index is 0.0392. The molecule has 7 heteroatoms. The average Bonchev–Trinajstić information content (AvgIpc) is 2.98.